The molecule has 0 unspecified atom stereocenters. The minimum absolute atomic E-state index is 0.0241. The minimum atomic E-state index is -3.51. The van der Waals surface area contributed by atoms with Crippen LogP contribution in [-0.4, -0.2) is 38.8 Å². The number of rotatable bonds is 3. The summed E-state index contributed by atoms with van der Waals surface area (Å²) in [4.78, 5) is 11.5. The number of thiophene rings is 1. The van der Waals surface area contributed by atoms with Gasteiger partial charge in [0, 0.05) is 26.1 Å². The smallest absolute Gasteiger partial charge is 0.252 e. The second-order valence-electron chi connectivity index (χ2n) is 4.48. The molecule has 0 spiro atoms. The fourth-order valence-electron chi connectivity index (χ4n) is 2.14. The van der Waals surface area contributed by atoms with E-state index in [9.17, 15) is 13.2 Å². The Morgan fingerprint density at radius 3 is 2.55 bits per heavy atom. The van der Waals surface area contributed by atoms with Crippen molar-refractivity contribution < 1.29 is 13.2 Å². The summed E-state index contributed by atoms with van der Waals surface area (Å²) in [6, 6.07) is 1.45. The number of carbonyl (C=O) groups is 1. The summed E-state index contributed by atoms with van der Waals surface area (Å²) < 4.78 is 27.2. The van der Waals surface area contributed by atoms with Gasteiger partial charge in [-0.25, -0.2) is 8.42 Å². The second kappa shape index (κ2) is 6.31. The Labute approximate surface area is 135 Å². The van der Waals surface area contributed by atoms with Crippen molar-refractivity contribution in [2.75, 3.05) is 20.1 Å². The maximum atomic E-state index is 12.5. The highest BCUT2D eigenvalue weighted by Gasteiger charge is 2.33. The van der Waals surface area contributed by atoms with E-state index >= 15 is 0 Å². The van der Waals surface area contributed by atoms with Crippen molar-refractivity contribution >= 4 is 54.8 Å². The summed E-state index contributed by atoms with van der Waals surface area (Å²) in [6.45, 7) is 0.709. The Kier molecular flexibility index (Phi) is 5.12. The zero-order chi connectivity index (χ0) is 14.9. The molecule has 1 aromatic rings. The van der Waals surface area contributed by atoms with Crippen LogP contribution in [0.25, 0.3) is 0 Å². The van der Waals surface area contributed by atoms with Crippen molar-refractivity contribution in [2.24, 2.45) is 5.92 Å². The molecule has 0 aliphatic carbocycles. The van der Waals surface area contributed by atoms with E-state index < -0.39 is 10.0 Å². The van der Waals surface area contributed by atoms with Crippen molar-refractivity contribution in [1.29, 1.82) is 0 Å². The third-order valence-corrected chi connectivity index (χ3v) is 8.11. The van der Waals surface area contributed by atoms with Crippen LogP contribution in [0.15, 0.2) is 14.1 Å². The summed E-state index contributed by atoms with van der Waals surface area (Å²) >= 11 is 10.2. The molecular weight excluding hydrogens is 388 g/mol. The Bertz CT molecular complexity index is 590. The molecule has 1 N–H and O–H groups in total. The van der Waals surface area contributed by atoms with Crippen LogP contribution < -0.4 is 5.32 Å². The van der Waals surface area contributed by atoms with Crippen molar-refractivity contribution in [1.82, 2.24) is 9.62 Å². The number of piperidine rings is 1. The van der Waals surface area contributed by atoms with Gasteiger partial charge in [0.25, 0.3) is 10.0 Å². The van der Waals surface area contributed by atoms with E-state index in [0.717, 1.165) is 11.3 Å². The fourth-order valence-corrected chi connectivity index (χ4v) is 6.17. The van der Waals surface area contributed by atoms with Gasteiger partial charge in [0.2, 0.25) is 5.91 Å². The van der Waals surface area contributed by atoms with Crippen LogP contribution in [0.3, 0.4) is 0 Å². The van der Waals surface area contributed by atoms with Crippen LogP contribution >= 0.6 is 38.9 Å². The van der Waals surface area contributed by atoms with E-state index in [-0.39, 0.29) is 16.0 Å². The molecule has 2 heterocycles. The molecule has 1 aliphatic heterocycles. The van der Waals surface area contributed by atoms with Gasteiger partial charge in [-0.05, 0) is 34.8 Å². The molecule has 5 nitrogen and oxygen atoms in total. The molecule has 2 rings (SSSR count). The topological polar surface area (TPSA) is 66.5 Å². The SMILES string of the molecule is CNC(=O)C1CCN(S(=O)(=O)c2cc(Cl)c(Br)s2)CC1. The Balaban J connectivity index is 2.11. The summed E-state index contributed by atoms with van der Waals surface area (Å²) in [5.74, 6) is -0.130. The van der Waals surface area contributed by atoms with E-state index in [1.54, 1.807) is 7.05 Å². The van der Waals surface area contributed by atoms with Gasteiger partial charge in [-0.3, -0.25) is 4.79 Å². The number of hydrogen-bond acceptors (Lipinski definition) is 4. The monoisotopic (exact) mass is 400 g/mol. The standard InChI is InChI=1S/C11H14BrClN2O3S2/c1-14-11(16)7-2-4-15(5-3-7)20(17,18)9-6-8(13)10(12)19-9/h6-7H,2-5H2,1H3,(H,14,16). The Hall–Kier alpha value is -0.150. The predicted molar refractivity (Wildman–Crippen MR) is 82.6 cm³/mol. The van der Waals surface area contributed by atoms with E-state index in [0.29, 0.717) is 34.7 Å². The summed E-state index contributed by atoms with van der Waals surface area (Å²) in [7, 11) is -1.92. The van der Waals surface area contributed by atoms with Crippen molar-refractivity contribution in [3.05, 3.63) is 14.9 Å². The molecule has 9 heteroatoms. The summed E-state index contributed by atoms with van der Waals surface area (Å²) in [6.07, 6.45) is 1.08. The molecule has 0 radical (unpaired) electrons. The van der Waals surface area contributed by atoms with Crippen LogP contribution in [0.2, 0.25) is 5.02 Å². The average Bonchev–Trinajstić information content (AvgIpc) is 2.78. The van der Waals surface area contributed by atoms with Crippen molar-refractivity contribution in [3.63, 3.8) is 0 Å². The molecular formula is C11H14BrClN2O3S2. The lowest BCUT2D eigenvalue weighted by molar-refractivity contribution is -0.125. The van der Waals surface area contributed by atoms with Crippen LogP contribution in [0.4, 0.5) is 0 Å². The van der Waals surface area contributed by atoms with Crippen LogP contribution in [0.1, 0.15) is 12.8 Å². The number of nitrogens with one attached hydrogen (secondary N) is 1. The van der Waals surface area contributed by atoms with Crippen LogP contribution in [0.5, 0.6) is 0 Å². The van der Waals surface area contributed by atoms with Gasteiger partial charge >= 0.3 is 0 Å². The van der Waals surface area contributed by atoms with Gasteiger partial charge in [0.05, 0.1) is 8.81 Å². The first-order valence-electron chi connectivity index (χ1n) is 6.03. The highest BCUT2D eigenvalue weighted by molar-refractivity contribution is 9.11. The number of sulfonamides is 1. The third-order valence-electron chi connectivity index (χ3n) is 3.29. The van der Waals surface area contributed by atoms with Crippen LogP contribution in [0, 0.1) is 5.92 Å². The molecule has 0 saturated carbocycles. The number of halogens is 2. The molecule has 112 valence electrons. The Morgan fingerprint density at radius 2 is 2.10 bits per heavy atom. The highest BCUT2D eigenvalue weighted by Crippen LogP contribution is 2.36. The van der Waals surface area contributed by atoms with Crippen molar-refractivity contribution in [3.8, 4) is 0 Å². The number of carbonyl (C=O) groups excluding carboxylic acids is 1. The molecule has 0 atom stereocenters. The van der Waals surface area contributed by atoms with Crippen LogP contribution in [-0.2, 0) is 14.8 Å². The zero-order valence-electron chi connectivity index (χ0n) is 10.7. The van der Waals surface area contributed by atoms with Gasteiger partial charge in [-0.15, -0.1) is 11.3 Å². The van der Waals surface area contributed by atoms with E-state index in [4.69, 9.17) is 11.6 Å². The highest BCUT2D eigenvalue weighted by atomic mass is 79.9. The van der Waals surface area contributed by atoms with E-state index in [1.165, 1.54) is 10.4 Å². The lowest BCUT2D eigenvalue weighted by Gasteiger charge is -2.29. The number of amides is 1. The fraction of sp³-hybridized carbons (Fsp3) is 0.545. The maximum absolute atomic E-state index is 12.5. The first-order valence-corrected chi connectivity index (χ1v) is 9.45. The molecule has 20 heavy (non-hydrogen) atoms. The lowest BCUT2D eigenvalue weighted by atomic mass is 9.97. The second-order valence-corrected chi connectivity index (χ2v) is 9.42. The molecule has 0 aromatic carbocycles. The van der Waals surface area contributed by atoms with E-state index in [1.807, 2.05) is 0 Å². The molecule has 1 saturated heterocycles. The molecule has 1 amide bonds. The lowest BCUT2D eigenvalue weighted by Crippen LogP contribution is -2.42. The van der Waals surface area contributed by atoms with Gasteiger partial charge < -0.3 is 5.32 Å². The predicted octanol–water partition coefficient (Wildman–Crippen LogP) is 2.31. The molecule has 1 aliphatic rings. The normalized spacial score (nSPS) is 18.1. The largest absolute Gasteiger partial charge is 0.359 e. The minimum Gasteiger partial charge on any atom is -0.359 e. The third kappa shape index (κ3) is 3.19. The maximum Gasteiger partial charge on any atom is 0.252 e. The average molecular weight is 402 g/mol. The quantitative estimate of drug-likeness (QED) is 0.845. The summed E-state index contributed by atoms with van der Waals surface area (Å²) in [5.41, 5.74) is 0. The van der Waals surface area contributed by atoms with Crippen molar-refractivity contribution in [2.45, 2.75) is 17.1 Å². The number of nitrogens with zero attached hydrogens (tertiary/aromatic N) is 1. The molecule has 1 fully saturated rings. The summed E-state index contributed by atoms with van der Waals surface area (Å²) in [5, 5.41) is 3.00. The first-order chi connectivity index (χ1) is 9.36. The molecule has 1 aromatic heterocycles. The van der Waals surface area contributed by atoms with Gasteiger partial charge in [0.1, 0.15) is 4.21 Å². The first kappa shape index (κ1) is 16.2. The van der Waals surface area contributed by atoms with Gasteiger partial charge in [-0.2, -0.15) is 4.31 Å². The zero-order valence-corrected chi connectivity index (χ0v) is 14.7. The van der Waals surface area contributed by atoms with Gasteiger partial charge in [0.15, 0.2) is 0 Å². The van der Waals surface area contributed by atoms with E-state index in [2.05, 4.69) is 21.2 Å². The number of hydrogen-bond donors (Lipinski definition) is 1. The molecule has 0 bridgehead atoms. The van der Waals surface area contributed by atoms with Gasteiger partial charge in [-0.1, -0.05) is 11.6 Å². The Morgan fingerprint density at radius 1 is 1.50 bits per heavy atom.